The van der Waals surface area contributed by atoms with Crippen molar-refractivity contribution in [3.05, 3.63) is 28.0 Å². The van der Waals surface area contributed by atoms with Crippen LogP contribution in [0.25, 0.3) is 11.1 Å². The third kappa shape index (κ3) is 2.32. The number of hydrogen-bond acceptors (Lipinski definition) is 4. The molecule has 0 aromatic carbocycles. The molecule has 2 atom stereocenters. The molecular formula is C16H21N3O3. The maximum Gasteiger partial charge on any atom is 0.265 e. The lowest BCUT2D eigenvalue weighted by atomic mass is 9.91. The molecule has 1 fully saturated rings. The van der Waals surface area contributed by atoms with Crippen LogP contribution >= 0.6 is 0 Å². The van der Waals surface area contributed by atoms with Crippen molar-refractivity contribution >= 4 is 17.0 Å². The Balaban J connectivity index is 2.09. The molecule has 0 aliphatic carbocycles. The number of hydrogen-bond donors (Lipinski definition) is 0. The first kappa shape index (κ1) is 14.8. The van der Waals surface area contributed by atoms with Gasteiger partial charge in [0, 0.05) is 20.1 Å². The molecule has 2 aromatic heterocycles. The SMILES string of the molecule is Cc1oc2ncn(C)c(=O)c2c1C(=O)N1C[C@H](C)C[C@@H](C)C1. The van der Waals surface area contributed by atoms with Crippen molar-refractivity contribution in [2.75, 3.05) is 13.1 Å². The molecular weight excluding hydrogens is 282 g/mol. The number of aryl methyl sites for hydroxylation is 2. The minimum atomic E-state index is -0.247. The summed E-state index contributed by atoms with van der Waals surface area (Å²) in [4.78, 5) is 31.3. The van der Waals surface area contributed by atoms with E-state index in [0.29, 0.717) is 28.5 Å². The van der Waals surface area contributed by atoms with E-state index < -0.39 is 0 Å². The van der Waals surface area contributed by atoms with Crippen LogP contribution in [0, 0.1) is 18.8 Å². The monoisotopic (exact) mass is 303 g/mol. The topological polar surface area (TPSA) is 68.3 Å². The summed E-state index contributed by atoms with van der Waals surface area (Å²) in [6.07, 6.45) is 2.53. The Morgan fingerprint density at radius 3 is 2.59 bits per heavy atom. The van der Waals surface area contributed by atoms with Crippen molar-refractivity contribution in [3.63, 3.8) is 0 Å². The molecule has 1 aliphatic rings. The Bertz CT molecular complexity index is 780. The number of aromatic nitrogens is 2. The van der Waals surface area contributed by atoms with Gasteiger partial charge in [0.25, 0.3) is 11.5 Å². The Kier molecular flexibility index (Phi) is 3.54. The van der Waals surface area contributed by atoms with Gasteiger partial charge in [-0.15, -0.1) is 0 Å². The first-order chi connectivity index (χ1) is 10.4. The maximum atomic E-state index is 12.9. The van der Waals surface area contributed by atoms with Crippen LogP contribution < -0.4 is 5.56 Å². The van der Waals surface area contributed by atoms with Gasteiger partial charge in [0.15, 0.2) is 0 Å². The summed E-state index contributed by atoms with van der Waals surface area (Å²) in [5.74, 6) is 1.26. The number of furan rings is 1. The lowest BCUT2D eigenvalue weighted by Gasteiger charge is -2.34. The Morgan fingerprint density at radius 1 is 1.32 bits per heavy atom. The molecule has 2 aromatic rings. The summed E-state index contributed by atoms with van der Waals surface area (Å²) in [7, 11) is 1.62. The normalized spacial score (nSPS) is 22.3. The van der Waals surface area contributed by atoms with Crippen LogP contribution in [-0.4, -0.2) is 33.4 Å². The summed E-state index contributed by atoms with van der Waals surface area (Å²) in [5, 5.41) is 0.290. The number of rotatable bonds is 1. The van der Waals surface area contributed by atoms with Crippen LogP contribution in [0.1, 0.15) is 36.4 Å². The van der Waals surface area contributed by atoms with Crippen molar-refractivity contribution in [2.24, 2.45) is 18.9 Å². The fraction of sp³-hybridized carbons (Fsp3) is 0.562. The molecule has 22 heavy (non-hydrogen) atoms. The number of fused-ring (bicyclic) bond motifs is 1. The highest BCUT2D eigenvalue weighted by Gasteiger charge is 2.30. The van der Waals surface area contributed by atoms with Crippen LogP contribution in [0.15, 0.2) is 15.5 Å². The number of piperidine rings is 1. The van der Waals surface area contributed by atoms with E-state index in [1.807, 2.05) is 4.90 Å². The highest BCUT2D eigenvalue weighted by Crippen LogP contribution is 2.26. The van der Waals surface area contributed by atoms with Crippen molar-refractivity contribution in [2.45, 2.75) is 27.2 Å². The molecule has 118 valence electrons. The molecule has 1 aliphatic heterocycles. The van der Waals surface area contributed by atoms with E-state index in [0.717, 1.165) is 19.5 Å². The summed E-state index contributed by atoms with van der Waals surface area (Å²) < 4.78 is 6.90. The Morgan fingerprint density at radius 2 is 1.95 bits per heavy atom. The van der Waals surface area contributed by atoms with Crippen molar-refractivity contribution in [3.8, 4) is 0 Å². The second-order valence-electron chi connectivity index (χ2n) is 6.53. The second-order valence-corrected chi connectivity index (χ2v) is 6.53. The number of likely N-dealkylation sites (tertiary alicyclic amines) is 1. The quantitative estimate of drug-likeness (QED) is 0.807. The van der Waals surface area contributed by atoms with Gasteiger partial charge in [-0.3, -0.25) is 9.59 Å². The predicted octanol–water partition coefficient (Wildman–Crippen LogP) is 1.95. The molecule has 6 nitrogen and oxygen atoms in total. The van der Waals surface area contributed by atoms with Gasteiger partial charge >= 0.3 is 0 Å². The molecule has 0 radical (unpaired) electrons. The van der Waals surface area contributed by atoms with Crippen molar-refractivity contribution < 1.29 is 9.21 Å². The first-order valence-electron chi connectivity index (χ1n) is 7.62. The van der Waals surface area contributed by atoms with Crippen LogP contribution in [-0.2, 0) is 7.05 Å². The van der Waals surface area contributed by atoms with Crippen LogP contribution in [0.3, 0.4) is 0 Å². The van der Waals surface area contributed by atoms with E-state index in [4.69, 9.17) is 4.42 Å². The number of carbonyl (C=O) groups is 1. The van der Waals surface area contributed by atoms with Gasteiger partial charge in [-0.2, -0.15) is 0 Å². The van der Waals surface area contributed by atoms with Gasteiger partial charge in [0.2, 0.25) is 5.71 Å². The third-order valence-corrected chi connectivity index (χ3v) is 4.32. The molecule has 3 rings (SSSR count). The zero-order valence-electron chi connectivity index (χ0n) is 13.4. The summed E-state index contributed by atoms with van der Waals surface area (Å²) in [5.41, 5.74) is 0.357. The van der Waals surface area contributed by atoms with Gasteiger partial charge in [-0.25, -0.2) is 4.98 Å². The fourth-order valence-corrected chi connectivity index (χ4v) is 3.43. The molecule has 1 amide bonds. The minimum absolute atomic E-state index is 0.125. The Labute approximate surface area is 128 Å². The summed E-state index contributed by atoms with van der Waals surface area (Å²) in [6, 6.07) is 0. The van der Waals surface area contributed by atoms with E-state index in [1.54, 1.807) is 14.0 Å². The summed E-state index contributed by atoms with van der Waals surface area (Å²) >= 11 is 0. The third-order valence-electron chi connectivity index (χ3n) is 4.32. The van der Waals surface area contributed by atoms with E-state index in [9.17, 15) is 9.59 Å². The number of carbonyl (C=O) groups excluding carboxylic acids is 1. The number of amides is 1. The molecule has 0 N–H and O–H groups in total. The summed E-state index contributed by atoms with van der Waals surface area (Å²) in [6.45, 7) is 7.45. The minimum Gasteiger partial charge on any atom is -0.442 e. The van der Waals surface area contributed by atoms with Crippen molar-refractivity contribution in [1.29, 1.82) is 0 Å². The van der Waals surface area contributed by atoms with Gasteiger partial charge in [0.1, 0.15) is 17.5 Å². The molecule has 3 heterocycles. The van der Waals surface area contributed by atoms with Crippen LogP contribution in [0.4, 0.5) is 0 Å². The van der Waals surface area contributed by atoms with E-state index in [2.05, 4.69) is 18.8 Å². The van der Waals surface area contributed by atoms with Gasteiger partial charge in [-0.05, 0) is 25.2 Å². The van der Waals surface area contributed by atoms with Crippen molar-refractivity contribution in [1.82, 2.24) is 14.5 Å². The van der Waals surface area contributed by atoms with Gasteiger partial charge < -0.3 is 13.9 Å². The van der Waals surface area contributed by atoms with Crippen LogP contribution in [0.5, 0.6) is 0 Å². The first-order valence-corrected chi connectivity index (χ1v) is 7.62. The standard InChI is InChI=1S/C16H21N3O3/c1-9-5-10(2)7-19(6-9)16(21)12-11(3)22-14-13(12)15(20)18(4)8-17-14/h8-10H,5-7H2,1-4H3/t9-,10-/m1/s1. The van der Waals surface area contributed by atoms with E-state index in [-0.39, 0.29) is 17.2 Å². The average Bonchev–Trinajstić information content (AvgIpc) is 2.78. The molecule has 1 saturated heterocycles. The van der Waals surface area contributed by atoms with Gasteiger partial charge in [-0.1, -0.05) is 13.8 Å². The largest absolute Gasteiger partial charge is 0.442 e. The van der Waals surface area contributed by atoms with Gasteiger partial charge in [0.05, 0.1) is 5.56 Å². The lowest BCUT2D eigenvalue weighted by Crippen LogP contribution is -2.43. The zero-order chi connectivity index (χ0) is 16.0. The van der Waals surface area contributed by atoms with E-state index in [1.165, 1.54) is 10.9 Å². The molecule has 0 bridgehead atoms. The molecule has 0 unspecified atom stereocenters. The second kappa shape index (κ2) is 5.26. The zero-order valence-corrected chi connectivity index (χ0v) is 13.4. The molecule has 0 saturated carbocycles. The van der Waals surface area contributed by atoms with E-state index >= 15 is 0 Å². The highest BCUT2D eigenvalue weighted by atomic mass is 16.3. The van der Waals surface area contributed by atoms with Crippen LogP contribution in [0.2, 0.25) is 0 Å². The molecule has 6 heteroatoms. The highest BCUT2D eigenvalue weighted by molar-refractivity contribution is 6.06. The smallest absolute Gasteiger partial charge is 0.265 e. The Hall–Kier alpha value is -2.11. The average molecular weight is 303 g/mol. The molecule has 0 spiro atoms. The predicted molar refractivity (Wildman–Crippen MR) is 82.8 cm³/mol. The number of nitrogens with zero attached hydrogens (tertiary/aromatic N) is 3. The fourth-order valence-electron chi connectivity index (χ4n) is 3.43. The lowest BCUT2D eigenvalue weighted by molar-refractivity contribution is 0.0623. The maximum absolute atomic E-state index is 12.9.